The Balaban J connectivity index is 1.75. The predicted molar refractivity (Wildman–Crippen MR) is 122 cm³/mol. The molecule has 7 heteroatoms. The van der Waals surface area contributed by atoms with Crippen molar-refractivity contribution >= 4 is 23.4 Å². The lowest BCUT2D eigenvalue weighted by Crippen LogP contribution is -2.21. The van der Waals surface area contributed by atoms with Crippen LogP contribution in [0, 0.1) is 5.41 Å². The molecule has 0 amide bonds. The summed E-state index contributed by atoms with van der Waals surface area (Å²) in [5, 5.41) is 1.37. The van der Waals surface area contributed by atoms with Crippen LogP contribution in [0.5, 0.6) is 11.5 Å². The summed E-state index contributed by atoms with van der Waals surface area (Å²) in [6.45, 7) is 6.87. The van der Waals surface area contributed by atoms with E-state index in [1.807, 2.05) is 42.5 Å². The first-order valence-electron chi connectivity index (χ1n) is 9.53. The Labute approximate surface area is 186 Å². The predicted octanol–water partition coefficient (Wildman–Crippen LogP) is 5.61. The summed E-state index contributed by atoms with van der Waals surface area (Å²) in [7, 11) is 1.58. The highest BCUT2D eigenvalue weighted by Crippen LogP contribution is 2.31. The van der Waals surface area contributed by atoms with Crippen LogP contribution in [0.3, 0.4) is 0 Å². The number of nitrogens with zero attached hydrogens (tertiary/aromatic N) is 2. The Morgan fingerprint density at radius 2 is 1.80 bits per heavy atom. The molecular formula is C23H25ClN2O3S. The molecule has 158 valence electrons. The Morgan fingerprint density at radius 3 is 2.43 bits per heavy atom. The van der Waals surface area contributed by atoms with Crippen molar-refractivity contribution < 1.29 is 9.47 Å². The van der Waals surface area contributed by atoms with Gasteiger partial charge in [0.05, 0.1) is 19.4 Å². The number of thioether (sulfide) groups is 1. The fraction of sp³-hybridized carbons (Fsp3) is 0.304. The quantitative estimate of drug-likeness (QED) is 0.350. The van der Waals surface area contributed by atoms with Crippen LogP contribution in [0.1, 0.15) is 26.3 Å². The number of ether oxygens (including phenoxy) is 2. The molecule has 0 bridgehead atoms. The van der Waals surface area contributed by atoms with Gasteiger partial charge in [-0.05, 0) is 41.3 Å². The maximum Gasteiger partial charge on any atom is 0.353 e. The molecule has 3 aromatic rings. The molecule has 0 N–H and O–H groups in total. The Hall–Kier alpha value is -2.44. The highest BCUT2D eigenvalue weighted by Gasteiger charge is 2.14. The van der Waals surface area contributed by atoms with E-state index in [9.17, 15) is 4.79 Å². The Kier molecular flexibility index (Phi) is 7.10. The molecule has 30 heavy (non-hydrogen) atoms. The smallest absolute Gasteiger partial charge is 0.353 e. The molecule has 0 fully saturated rings. The van der Waals surface area contributed by atoms with Gasteiger partial charge in [-0.15, -0.1) is 11.8 Å². The van der Waals surface area contributed by atoms with Crippen molar-refractivity contribution in [1.29, 1.82) is 0 Å². The van der Waals surface area contributed by atoms with Gasteiger partial charge in [0.2, 0.25) is 0 Å². The van der Waals surface area contributed by atoms with E-state index in [-0.39, 0.29) is 11.1 Å². The molecule has 1 aromatic heterocycles. The summed E-state index contributed by atoms with van der Waals surface area (Å²) in [5.41, 5.74) is 1.47. The van der Waals surface area contributed by atoms with Crippen LogP contribution in [0.4, 0.5) is 0 Å². The molecular weight excluding hydrogens is 420 g/mol. The van der Waals surface area contributed by atoms with Crippen LogP contribution < -0.4 is 15.2 Å². The summed E-state index contributed by atoms with van der Waals surface area (Å²) < 4.78 is 12.8. The lowest BCUT2D eigenvalue weighted by Gasteiger charge is -2.20. The maximum atomic E-state index is 12.6. The molecule has 2 aromatic carbocycles. The summed E-state index contributed by atoms with van der Waals surface area (Å²) in [5.74, 6) is 1.93. The minimum absolute atomic E-state index is 0.0318. The lowest BCUT2D eigenvalue weighted by molar-refractivity contribution is 0.191. The number of rotatable bonds is 7. The summed E-state index contributed by atoms with van der Waals surface area (Å²) in [6.07, 6.45) is 1.73. The van der Waals surface area contributed by atoms with E-state index in [1.54, 1.807) is 19.4 Å². The average molecular weight is 445 g/mol. The number of aromatic nitrogens is 2. The minimum Gasteiger partial charge on any atom is -0.493 e. The van der Waals surface area contributed by atoms with Crippen LogP contribution in [0.15, 0.2) is 64.5 Å². The van der Waals surface area contributed by atoms with Gasteiger partial charge >= 0.3 is 5.69 Å². The summed E-state index contributed by atoms with van der Waals surface area (Å²) >= 11 is 7.42. The molecule has 3 rings (SSSR count). The normalized spacial score (nSPS) is 11.4. The van der Waals surface area contributed by atoms with Gasteiger partial charge in [0.25, 0.3) is 0 Å². The van der Waals surface area contributed by atoms with Crippen molar-refractivity contribution in [3.8, 4) is 17.2 Å². The molecule has 0 radical (unpaired) electrons. The van der Waals surface area contributed by atoms with Gasteiger partial charge in [-0.1, -0.05) is 44.5 Å². The molecule has 0 aliphatic carbocycles. The van der Waals surface area contributed by atoms with E-state index in [0.29, 0.717) is 39.6 Å². The number of halogens is 1. The van der Waals surface area contributed by atoms with Crippen LogP contribution in [0.25, 0.3) is 5.69 Å². The van der Waals surface area contributed by atoms with E-state index in [0.717, 1.165) is 5.56 Å². The van der Waals surface area contributed by atoms with Gasteiger partial charge in [0.1, 0.15) is 5.03 Å². The van der Waals surface area contributed by atoms with Crippen molar-refractivity contribution in [2.75, 3.05) is 13.7 Å². The van der Waals surface area contributed by atoms with E-state index in [2.05, 4.69) is 25.8 Å². The molecule has 0 saturated carbocycles. The second-order valence-electron chi connectivity index (χ2n) is 8.02. The molecule has 5 nitrogen and oxygen atoms in total. The highest BCUT2D eigenvalue weighted by atomic mass is 35.5. The number of hydrogen-bond donors (Lipinski definition) is 0. The van der Waals surface area contributed by atoms with Crippen molar-refractivity contribution in [3.05, 3.63) is 75.8 Å². The molecule has 0 saturated heterocycles. The molecule has 0 spiro atoms. The lowest BCUT2D eigenvalue weighted by atomic mass is 9.99. The zero-order valence-electron chi connectivity index (χ0n) is 17.5. The molecule has 0 aliphatic heterocycles. The van der Waals surface area contributed by atoms with E-state index in [1.165, 1.54) is 16.3 Å². The van der Waals surface area contributed by atoms with Gasteiger partial charge in [0.15, 0.2) is 11.5 Å². The largest absolute Gasteiger partial charge is 0.493 e. The summed E-state index contributed by atoms with van der Waals surface area (Å²) in [4.78, 5) is 16.8. The third-order valence-electron chi connectivity index (χ3n) is 4.16. The van der Waals surface area contributed by atoms with Crippen LogP contribution in [-0.2, 0) is 5.75 Å². The average Bonchev–Trinajstić information content (AvgIpc) is 2.71. The van der Waals surface area contributed by atoms with Crippen molar-refractivity contribution in [3.63, 3.8) is 0 Å². The van der Waals surface area contributed by atoms with Crippen LogP contribution in [-0.4, -0.2) is 23.3 Å². The Morgan fingerprint density at radius 1 is 1.07 bits per heavy atom. The first-order valence-corrected chi connectivity index (χ1v) is 10.9. The third kappa shape index (κ3) is 6.03. The van der Waals surface area contributed by atoms with Crippen molar-refractivity contribution in [2.24, 2.45) is 5.41 Å². The number of benzene rings is 2. The molecule has 1 heterocycles. The first kappa shape index (κ1) is 22.2. The van der Waals surface area contributed by atoms with Gasteiger partial charge in [-0.25, -0.2) is 4.79 Å². The maximum absolute atomic E-state index is 12.6. The van der Waals surface area contributed by atoms with Gasteiger partial charge < -0.3 is 9.47 Å². The topological polar surface area (TPSA) is 53.4 Å². The Bertz CT molecular complexity index is 1060. The monoisotopic (exact) mass is 444 g/mol. The zero-order chi connectivity index (χ0) is 21.7. The third-order valence-corrected chi connectivity index (χ3v) is 5.42. The zero-order valence-corrected chi connectivity index (χ0v) is 19.1. The van der Waals surface area contributed by atoms with Crippen molar-refractivity contribution in [1.82, 2.24) is 9.55 Å². The fourth-order valence-corrected chi connectivity index (χ4v) is 3.55. The van der Waals surface area contributed by atoms with Gasteiger partial charge in [-0.2, -0.15) is 4.98 Å². The minimum atomic E-state index is -0.346. The van der Waals surface area contributed by atoms with E-state index >= 15 is 0 Å². The second kappa shape index (κ2) is 9.58. The highest BCUT2D eigenvalue weighted by molar-refractivity contribution is 7.98. The van der Waals surface area contributed by atoms with Gasteiger partial charge in [-0.3, -0.25) is 4.57 Å². The number of methoxy groups -OCH3 is 1. The molecule has 0 aliphatic rings. The van der Waals surface area contributed by atoms with Crippen LogP contribution >= 0.6 is 23.4 Å². The second-order valence-corrected chi connectivity index (χ2v) is 9.45. The SMILES string of the molecule is COc1cc(-n2ccc(SCc3ccc(Cl)cc3)nc2=O)ccc1OCC(C)(C)C. The first-order chi connectivity index (χ1) is 14.2. The van der Waals surface area contributed by atoms with Crippen LogP contribution in [0.2, 0.25) is 5.02 Å². The van der Waals surface area contributed by atoms with Gasteiger partial charge in [0, 0.05) is 23.0 Å². The standard InChI is InChI=1S/C23H25ClN2O3S/c1-23(2,3)15-29-19-10-9-18(13-20(19)28-4)26-12-11-21(25-22(26)27)30-14-16-5-7-17(24)8-6-16/h5-13H,14-15H2,1-4H3. The molecule has 0 atom stereocenters. The number of hydrogen-bond acceptors (Lipinski definition) is 5. The summed E-state index contributed by atoms with van der Waals surface area (Å²) in [6, 6.07) is 14.9. The van der Waals surface area contributed by atoms with E-state index < -0.39 is 0 Å². The van der Waals surface area contributed by atoms with Crippen molar-refractivity contribution in [2.45, 2.75) is 31.6 Å². The fourth-order valence-electron chi connectivity index (χ4n) is 2.62. The van der Waals surface area contributed by atoms with E-state index in [4.69, 9.17) is 21.1 Å². The molecule has 0 unspecified atom stereocenters.